The van der Waals surface area contributed by atoms with Crippen molar-refractivity contribution in [1.29, 1.82) is 0 Å². The Balaban J connectivity index is 2.66. The SMILES string of the molecule is Sc1nc2ccccc2c2[nH]cnc12. The summed E-state index contributed by atoms with van der Waals surface area (Å²) in [5.41, 5.74) is 2.77. The third-order valence-corrected chi connectivity index (χ3v) is 2.56. The van der Waals surface area contributed by atoms with E-state index in [2.05, 4.69) is 27.6 Å². The Hall–Kier alpha value is -1.55. The molecule has 2 heterocycles. The van der Waals surface area contributed by atoms with E-state index in [4.69, 9.17) is 0 Å². The van der Waals surface area contributed by atoms with Crippen LogP contribution >= 0.6 is 12.6 Å². The van der Waals surface area contributed by atoms with Crippen LogP contribution in [0.5, 0.6) is 0 Å². The van der Waals surface area contributed by atoms with Crippen LogP contribution in [0.4, 0.5) is 0 Å². The van der Waals surface area contributed by atoms with Gasteiger partial charge in [0.25, 0.3) is 0 Å². The molecule has 0 fully saturated rings. The Labute approximate surface area is 85.6 Å². The second-order valence-corrected chi connectivity index (χ2v) is 3.50. The molecule has 0 saturated heterocycles. The Morgan fingerprint density at radius 3 is 3.00 bits per heavy atom. The molecule has 0 radical (unpaired) electrons. The molecule has 0 spiro atoms. The number of H-pyrrole nitrogens is 1. The third-order valence-electron chi connectivity index (χ3n) is 2.25. The maximum Gasteiger partial charge on any atom is 0.122 e. The Bertz CT molecular complexity index is 615. The molecule has 0 amide bonds. The zero-order chi connectivity index (χ0) is 9.54. The molecule has 3 rings (SSSR count). The largest absolute Gasteiger partial charge is 0.344 e. The fourth-order valence-electron chi connectivity index (χ4n) is 1.62. The van der Waals surface area contributed by atoms with Crippen LogP contribution in [-0.4, -0.2) is 15.0 Å². The highest BCUT2D eigenvalue weighted by Crippen LogP contribution is 2.24. The quantitative estimate of drug-likeness (QED) is 0.548. The van der Waals surface area contributed by atoms with E-state index in [-0.39, 0.29) is 0 Å². The van der Waals surface area contributed by atoms with E-state index in [1.807, 2.05) is 24.3 Å². The standard InChI is InChI=1S/C10H7N3S/c14-10-9-8(11-5-12-9)6-3-1-2-4-7(6)13-10/h1-5H,(H,11,12)(H,13,14). The molecule has 0 unspecified atom stereocenters. The third kappa shape index (κ3) is 0.943. The lowest BCUT2D eigenvalue weighted by Crippen LogP contribution is -1.83. The van der Waals surface area contributed by atoms with E-state index < -0.39 is 0 Å². The topological polar surface area (TPSA) is 41.6 Å². The van der Waals surface area contributed by atoms with Crippen LogP contribution in [0.15, 0.2) is 35.6 Å². The Morgan fingerprint density at radius 2 is 2.07 bits per heavy atom. The number of para-hydroxylation sites is 1. The number of nitrogens with one attached hydrogen (secondary N) is 1. The van der Waals surface area contributed by atoms with Gasteiger partial charge in [-0.2, -0.15) is 0 Å². The minimum Gasteiger partial charge on any atom is -0.344 e. The molecule has 68 valence electrons. The fraction of sp³-hybridized carbons (Fsp3) is 0. The van der Waals surface area contributed by atoms with E-state index in [0.29, 0.717) is 5.03 Å². The van der Waals surface area contributed by atoms with E-state index in [9.17, 15) is 0 Å². The maximum atomic E-state index is 4.36. The molecule has 0 bridgehead atoms. The summed E-state index contributed by atoms with van der Waals surface area (Å²) in [5, 5.41) is 1.75. The highest BCUT2D eigenvalue weighted by atomic mass is 32.1. The summed E-state index contributed by atoms with van der Waals surface area (Å²) in [4.78, 5) is 11.6. The first-order valence-corrected chi connectivity index (χ1v) is 4.72. The number of rotatable bonds is 0. The van der Waals surface area contributed by atoms with E-state index in [0.717, 1.165) is 21.9 Å². The lowest BCUT2D eigenvalue weighted by atomic mass is 10.2. The number of hydrogen-bond acceptors (Lipinski definition) is 3. The van der Waals surface area contributed by atoms with Crippen molar-refractivity contribution in [3.63, 3.8) is 0 Å². The van der Waals surface area contributed by atoms with Gasteiger partial charge in [-0.1, -0.05) is 18.2 Å². The summed E-state index contributed by atoms with van der Waals surface area (Å²) in [7, 11) is 0. The van der Waals surface area contributed by atoms with E-state index in [1.165, 1.54) is 0 Å². The van der Waals surface area contributed by atoms with E-state index >= 15 is 0 Å². The molecule has 3 nitrogen and oxygen atoms in total. The summed E-state index contributed by atoms with van der Waals surface area (Å²) in [6.07, 6.45) is 1.67. The van der Waals surface area contributed by atoms with Gasteiger partial charge in [-0.25, -0.2) is 9.97 Å². The summed E-state index contributed by atoms with van der Waals surface area (Å²) in [6.45, 7) is 0. The van der Waals surface area contributed by atoms with Gasteiger partial charge in [-0.3, -0.25) is 0 Å². The average Bonchev–Trinajstić information content (AvgIpc) is 2.67. The van der Waals surface area contributed by atoms with Crippen molar-refractivity contribution in [3.8, 4) is 0 Å². The first-order chi connectivity index (χ1) is 6.86. The molecular formula is C10H7N3S. The molecule has 2 aromatic heterocycles. The maximum absolute atomic E-state index is 4.36. The number of nitrogens with zero attached hydrogens (tertiary/aromatic N) is 2. The smallest absolute Gasteiger partial charge is 0.122 e. The van der Waals surface area contributed by atoms with Gasteiger partial charge < -0.3 is 4.98 Å². The van der Waals surface area contributed by atoms with Crippen molar-refractivity contribution in [3.05, 3.63) is 30.6 Å². The summed E-state index contributed by atoms with van der Waals surface area (Å²) >= 11 is 4.30. The van der Waals surface area contributed by atoms with Gasteiger partial charge in [-0.05, 0) is 6.07 Å². The first kappa shape index (κ1) is 7.82. The first-order valence-electron chi connectivity index (χ1n) is 4.27. The Kier molecular flexibility index (Phi) is 1.52. The monoisotopic (exact) mass is 201 g/mol. The summed E-state index contributed by atoms with van der Waals surface area (Å²) < 4.78 is 0. The number of benzene rings is 1. The van der Waals surface area contributed by atoms with Gasteiger partial charge in [-0.15, -0.1) is 12.6 Å². The Morgan fingerprint density at radius 1 is 1.21 bits per heavy atom. The molecule has 0 saturated carbocycles. The van der Waals surface area contributed by atoms with Crippen molar-refractivity contribution in [2.24, 2.45) is 0 Å². The van der Waals surface area contributed by atoms with Crippen LogP contribution in [-0.2, 0) is 0 Å². The number of aromatic nitrogens is 3. The van der Waals surface area contributed by atoms with Gasteiger partial charge in [0.2, 0.25) is 0 Å². The summed E-state index contributed by atoms with van der Waals surface area (Å²) in [5.74, 6) is 0. The van der Waals surface area contributed by atoms with Crippen LogP contribution in [0.2, 0.25) is 0 Å². The highest BCUT2D eigenvalue weighted by Gasteiger charge is 2.06. The van der Waals surface area contributed by atoms with E-state index in [1.54, 1.807) is 6.33 Å². The molecular weight excluding hydrogens is 194 g/mol. The zero-order valence-electron chi connectivity index (χ0n) is 7.23. The lowest BCUT2D eigenvalue weighted by Gasteiger charge is -1.99. The van der Waals surface area contributed by atoms with Crippen LogP contribution in [0, 0.1) is 0 Å². The van der Waals surface area contributed by atoms with Crippen LogP contribution < -0.4 is 0 Å². The molecule has 0 atom stereocenters. The second-order valence-electron chi connectivity index (χ2n) is 3.08. The van der Waals surface area contributed by atoms with Gasteiger partial charge in [0.1, 0.15) is 10.5 Å². The van der Waals surface area contributed by atoms with Crippen molar-refractivity contribution >= 4 is 34.6 Å². The molecule has 0 aliphatic heterocycles. The predicted molar refractivity (Wildman–Crippen MR) is 58.6 cm³/mol. The second kappa shape index (κ2) is 2.72. The number of hydrogen-bond donors (Lipinski definition) is 2. The molecule has 3 aromatic rings. The molecule has 4 heteroatoms. The molecule has 1 N–H and O–H groups in total. The molecule has 1 aromatic carbocycles. The number of aromatic amines is 1. The van der Waals surface area contributed by atoms with Gasteiger partial charge in [0, 0.05) is 5.39 Å². The lowest BCUT2D eigenvalue weighted by molar-refractivity contribution is 1.21. The van der Waals surface area contributed by atoms with Crippen molar-refractivity contribution in [2.45, 2.75) is 5.03 Å². The number of pyridine rings is 1. The fourth-order valence-corrected chi connectivity index (χ4v) is 1.90. The minimum atomic E-state index is 0.667. The molecule has 0 aliphatic carbocycles. The normalized spacial score (nSPS) is 11.2. The van der Waals surface area contributed by atoms with Crippen molar-refractivity contribution in [2.75, 3.05) is 0 Å². The van der Waals surface area contributed by atoms with Crippen LogP contribution in [0.1, 0.15) is 0 Å². The molecule has 0 aliphatic rings. The van der Waals surface area contributed by atoms with Gasteiger partial charge in [0.15, 0.2) is 0 Å². The number of thiol groups is 1. The van der Waals surface area contributed by atoms with Crippen LogP contribution in [0.25, 0.3) is 21.9 Å². The number of imidazole rings is 1. The van der Waals surface area contributed by atoms with Gasteiger partial charge >= 0.3 is 0 Å². The minimum absolute atomic E-state index is 0.667. The highest BCUT2D eigenvalue weighted by molar-refractivity contribution is 7.80. The van der Waals surface area contributed by atoms with Crippen molar-refractivity contribution in [1.82, 2.24) is 15.0 Å². The predicted octanol–water partition coefficient (Wildman–Crippen LogP) is 2.40. The molecule has 14 heavy (non-hydrogen) atoms. The average molecular weight is 201 g/mol. The van der Waals surface area contributed by atoms with Crippen molar-refractivity contribution < 1.29 is 0 Å². The number of fused-ring (bicyclic) bond motifs is 3. The van der Waals surface area contributed by atoms with Crippen LogP contribution in [0.3, 0.4) is 0 Å². The zero-order valence-corrected chi connectivity index (χ0v) is 8.12. The van der Waals surface area contributed by atoms with Gasteiger partial charge in [0.05, 0.1) is 17.4 Å². The summed E-state index contributed by atoms with van der Waals surface area (Å²) in [6, 6.07) is 7.94.